The Kier molecular flexibility index (Phi) is 4.99. The van der Waals surface area contributed by atoms with Gasteiger partial charge in [-0.25, -0.2) is 4.98 Å². The van der Waals surface area contributed by atoms with Gasteiger partial charge in [-0.05, 0) is 35.0 Å². The quantitative estimate of drug-likeness (QED) is 0.301. The Morgan fingerprint density at radius 3 is 1.90 bits per heavy atom. The molecule has 0 aliphatic rings. The smallest absolute Gasteiger partial charge is 0.145 e. The minimum atomic E-state index is -1.41. The Bertz CT molecular complexity index is 1270. The zero-order chi connectivity index (χ0) is 24.2. The van der Waals surface area contributed by atoms with Crippen LogP contribution in [0.2, 0.25) is 19.6 Å². The standard InChI is InChI=1S/C28H34N2Si/c1-19(2)23-11-10-12-24(20(3)4)27(23)30-26-14-9-8-13-25(26)29-28(30)21-15-17-22(18-16-21)31(5,6)7/h8-20H,1-7H3/i19D,20D. The summed E-state index contributed by atoms with van der Waals surface area (Å²) in [5, 5.41) is 1.41. The maximum absolute atomic E-state index is 8.91. The zero-order valence-electron chi connectivity index (χ0n) is 21.7. The molecule has 0 amide bonds. The Balaban J connectivity index is 2.10. The van der Waals surface area contributed by atoms with Crippen molar-refractivity contribution in [3.63, 3.8) is 0 Å². The highest BCUT2D eigenvalue weighted by Crippen LogP contribution is 2.36. The van der Waals surface area contributed by atoms with Gasteiger partial charge in [0.25, 0.3) is 0 Å². The lowest BCUT2D eigenvalue weighted by atomic mass is 9.92. The molecule has 3 heteroatoms. The van der Waals surface area contributed by atoms with Gasteiger partial charge in [-0.3, -0.25) is 4.57 Å². The van der Waals surface area contributed by atoms with Gasteiger partial charge < -0.3 is 0 Å². The maximum Gasteiger partial charge on any atom is 0.145 e. The highest BCUT2D eigenvalue weighted by molar-refractivity contribution is 6.88. The van der Waals surface area contributed by atoms with Gasteiger partial charge in [0, 0.05) is 8.30 Å². The van der Waals surface area contributed by atoms with E-state index in [2.05, 4.69) is 54.5 Å². The summed E-state index contributed by atoms with van der Waals surface area (Å²) < 4.78 is 20.0. The van der Waals surface area contributed by atoms with Gasteiger partial charge in [-0.1, -0.05) is 107 Å². The van der Waals surface area contributed by atoms with Crippen LogP contribution in [0.5, 0.6) is 0 Å². The molecule has 1 aromatic heterocycles. The molecule has 0 aliphatic heterocycles. The van der Waals surface area contributed by atoms with Gasteiger partial charge in [-0.2, -0.15) is 0 Å². The number of hydrogen-bond acceptors (Lipinski definition) is 1. The van der Waals surface area contributed by atoms with Crippen molar-refractivity contribution < 1.29 is 2.74 Å². The summed E-state index contributed by atoms with van der Waals surface area (Å²) in [6, 6.07) is 23.0. The van der Waals surface area contributed by atoms with Crippen molar-refractivity contribution in [3.05, 3.63) is 77.9 Å². The molecule has 3 aromatic carbocycles. The third-order valence-corrected chi connectivity index (χ3v) is 7.97. The maximum atomic E-state index is 8.91. The summed E-state index contributed by atoms with van der Waals surface area (Å²) in [6.45, 7) is 14.7. The molecule has 0 bridgehead atoms. The number of fused-ring (bicyclic) bond motifs is 1. The summed E-state index contributed by atoms with van der Waals surface area (Å²) in [5.74, 6) is -0.817. The van der Waals surface area contributed by atoms with E-state index in [9.17, 15) is 0 Å². The van der Waals surface area contributed by atoms with Crippen LogP contribution in [0.25, 0.3) is 28.1 Å². The predicted molar refractivity (Wildman–Crippen MR) is 138 cm³/mol. The van der Waals surface area contributed by atoms with Crippen molar-refractivity contribution in [3.8, 4) is 17.1 Å². The Morgan fingerprint density at radius 1 is 0.774 bits per heavy atom. The van der Waals surface area contributed by atoms with Crippen LogP contribution in [-0.2, 0) is 0 Å². The lowest BCUT2D eigenvalue weighted by Crippen LogP contribution is -2.37. The molecule has 1 heterocycles. The first-order valence-corrected chi connectivity index (χ1v) is 14.5. The lowest BCUT2D eigenvalue weighted by molar-refractivity contribution is 0.811. The number of hydrogen-bond donors (Lipinski definition) is 0. The Labute approximate surface area is 190 Å². The number of benzene rings is 3. The largest absolute Gasteiger partial charge is 0.292 e. The van der Waals surface area contributed by atoms with E-state index in [1.54, 1.807) is 0 Å². The number of para-hydroxylation sites is 3. The minimum absolute atomic E-state index is 0.832. The molecule has 0 unspecified atom stereocenters. The third-order valence-electron chi connectivity index (χ3n) is 5.91. The molecule has 0 radical (unpaired) electrons. The molecule has 4 aromatic rings. The van der Waals surface area contributed by atoms with E-state index in [1.807, 2.05) is 64.1 Å². The van der Waals surface area contributed by atoms with Gasteiger partial charge in [0.05, 0.1) is 24.8 Å². The minimum Gasteiger partial charge on any atom is -0.292 e. The van der Waals surface area contributed by atoms with E-state index < -0.39 is 19.9 Å². The first-order chi connectivity index (χ1) is 15.3. The molecule has 0 N–H and O–H groups in total. The highest BCUT2D eigenvalue weighted by atomic mass is 28.3. The van der Waals surface area contributed by atoms with Crippen LogP contribution in [0, 0.1) is 0 Å². The van der Waals surface area contributed by atoms with Gasteiger partial charge in [-0.15, -0.1) is 0 Å². The SMILES string of the molecule is [2H]C(C)(C)c1cccc(C([2H])(C)C)c1-n1c(-c2ccc([Si](C)(C)C)cc2)nc2ccccc21. The lowest BCUT2D eigenvalue weighted by Gasteiger charge is -2.23. The molecule has 0 saturated heterocycles. The van der Waals surface area contributed by atoms with Gasteiger partial charge in [0.2, 0.25) is 0 Å². The van der Waals surface area contributed by atoms with Crippen LogP contribution in [0.1, 0.15) is 53.4 Å². The van der Waals surface area contributed by atoms with E-state index in [0.29, 0.717) is 0 Å². The van der Waals surface area contributed by atoms with Crippen LogP contribution in [0.3, 0.4) is 0 Å². The molecule has 31 heavy (non-hydrogen) atoms. The first-order valence-electron chi connectivity index (χ1n) is 12.0. The molecule has 0 fully saturated rings. The predicted octanol–water partition coefficient (Wildman–Crippen LogP) is 7.48. The van der Waals surface area contributed by atoms with Crippen LogP contribution < -0.4 is 5.19 Å². The van der Waals surface area contributed by atoms with Crippen LogP contribution in [0.4, 0.5) is 0 Å². The average Bonchev–Trinajstić information content (AvgIpc) is 3.10. The number of rotatable bonds is 5. The highest BCUT2D eigenvalue weighted by Gasteiger charge is 2.22. The molecular formula is C28H34N2Si. The van der Waals surface area contributed by atoms with Crippen LogP contribution in [-0.4, -0.2) is 17.6 Å². The summed E-state index contributed by atoms with van der Waals surface area (Å²) in [6.07, 6.45) is 0. The van der Waals surface area contributed by atoms with Gasteiger partial charge in [0.15, 0.2) is 0 Å². The van der Waals surface area contributed by atoms with Crippen molar-refractivity contribution in [1.82, 2.24) is 9.55 Å². The van der Waals surface area contributed by atoms with Crippen molar-refractivity contribution in [1.29, 1.82) is 0 Å². The topological polar surface area (TPSA) is 17.8 Å². The summed E-state index contributed by atoms with van der Waals surface area (Å²) in [4.78, 5) is 5.05. The number of aromatic nitrogens is 2. The van der Waals surface area contributed by atoms with E-state index in [1.165, 1.54) is 5.19 Å². The number of nitrogens with zero attached hydrogens (tertiary/aromatic N) is 2. The van der Waals surface area contributed by atoms with Crippen molar-refractivity contribution in [2.75, 3.05) is 0 Å². The molecule has 0 aliphatic carbocycles. The fraction of sp³-hybridized carbons (Fsp3) is 0.321. The molecule has 0 saturated carbocycles. The summed E-state index contributed by atoms with van der Waals surface area (Å²) in [7, 11) is -1.41. The second kappa shape index (κ2) is 8.12. The van der Waals surface area contributed by atoms with Gasteiger partial charge >= 0.3 is 0 Å². The normalized spacial score (nSPS) is 13.9. The fourth-order valence-corrected chi connectivity index (χ4v) is 5.32. The fourth-order valence-electron chi connectivity index (χ4n) is 4.16. The van der Waals surface area contributed by atoms with E-state index >= 15 is 0 Å². The third kappa shape index (κ3) is 3.99. The Morgan fingerprint density at radius 2 is 1.35 bits per heavy atom. The van der Waals surface area contributed by atoms with Crippen molar-refractivity contribution in [2.45, 2.75) is 59.1 Å². The van der Waals surface area contributed by atoms with Crippen molar-refractivity contribution in [2.24, 2.45) is 0 Å². The summed E-state index contributed by atoms with van der Waals surface area (Å²) in [5.41, 5.74) is 5.62. The average molecular weight is 429 g/mol. The van der Waals surface area contributed by atoms with Crippen molar-refractivity contribution >= 4 is 24.3 Å². The summed E-state index contributed by atoms with van der Waals surface area (Å²) >= 11 is 0. The Hall–Kier alpha value is -2.65. The molecule has 0 spiro atoms. The first kappa shape index (κ1) is 19.1. The van der Waals surface area contributed by atoms with E-state index in [-0.39, 0.29) is 0 Å². The second-order valence-electron chi connectivity index (χ2n) is 9.79. The van der Waals surface area contributed by atoms with E-state index in [4.69, 9.17) is 7.73 Å². The molecule has 160 valence electrons. The molecular weight excluding hydrogens is 392 g/mol. The molecule has 0 atom stereocenters. The van der Waals surface area contributed by atoms with Crippen LogP contribution >= 0.6 is 0 Å². The second-order valence-corrected chi connectivity index (χ2v) is 14.9. The monoisotopic (exact) mass is 428 g/mol. The zero-order valence-corrected chi connectivity index (χ0v) is 20.7. The number of imidazole rings is 1. The van der Waals surface area contributed by atoms with Gasteiger partial charge in [0.1, 0.15) is 5.82 Å². The molecule has 4 rings (SSSR count). The molecule has 2 nitrogen and oxygen atoms in total. The van der Waals surface area contributed by atoms with Crippen LogP contribution in [0.15, 0.2) is 66.7 Å². The van der Waals surface area contributed by atoms with E-state index in [0.717, 1.165) is 39.2 Å².